The topological polar surface area (TPSA) is 81.4 Å². The number of rotatable bonds is 6. The van der Waals surface area contributed by atoms with E-state index >= 15 is 0 Å². The van der Waals surface area contributed by atoms with Gasteiger partial charge in [0.15, 0.2) is 6.61 Å². The molecule has 2 rings (SSSR count). The maximum Gasteiger partial charge on any atom is 0.338 e. The number of ether oxygens (including phenoxy) is 1. The van der Waals surface area contributed by atoms with Crippen molar-refractivity contribution in [2.75, 3.05) is 12.3 Å². The van der Waals surface area contributed by atoms with E-state index in [0.29, 0.717) is 22.6 Å². The molecule has 0 atom stereocenters. The Bertz CT molecular complexity index is 587. The highest BCUT2D eigenvalue weighted by Crippen LogP contribution is 2.40. The fourth-order valence-corrected chi connectivity index (χ4v) is 3.41. The van der Waals surface area contributed by atoms with Gasteiger partial charge in [-0.05, 0) is 61.3 Å². The molecule has 1 aromatic carbocycles. The minimum absolute atomic E-state index is 0.187. The Kier molecular flexibility index (Phi) is 6.45. The predicted molar refractivity (Wildman–Crippen MR) is 99.1 cm³/mol. The molecule has 1 aliphatic rings. The van der Waals surface area contributed by atoms with Crippen molar-refractivity contribution >= 4 is 17.6 Å². The number of hydrogen-bond acceptors (Lipinski definition) is 4. The van der Waals surface area contributed by atoms with E-state index in [1.165, 1.54) is 6.42 Å². The first kappa shape index (κ1) is 19.3. The molecule has 0 saturated heterocycles. The van der Waals surface area contributed by atoms with E-state index in [1.54, 1.807) is 24.3 Å². The van der Waals surface area contributed by atoms with Crippen molar-refractivity contribution < 1.29 is 14.3 Å². The van der Waals surface area contributed by atoms with Crippen molar-refractivity contribution in [3.63, 3.8) is 0 Å². The maximum atomic E-state index is 12.0. The Hall–Kier alpha value is -2.04. The first-order valence-corrected chi connectivity index (χ1v) is 9.14. The molecule has 5 heteroatoms. The van der Waals surface area contributed by atoms with Gasteiger partial charge in [0.25, 0.3) is 5.91 Å². The fourth-order valence-electron chi connectivity index (χ4n) is 3.41. The van der Waals surface area contributed by atoms with Crippen molar-refractivity contribution in [1.82, 2.24) is 5.32 Å². The minimum Gasteiger partial charge on any atom is -0.452 e. The van der Waals surface area contributed by atoms with E-state index in [1.807, 2.05) is 0 Å². The van der Waals surface area contributed by atoms with Crippen LogP contribution in [-0.4, -0.2) is 24.5 Å². The van der Waals surface area contributed by atoms with Gasteiger partial charge >= 0.3 is 5.97 Å². The van der Waals surface area contributed by atoms with Gasteiger partial charge in [-0.2, -0.15) is 0 Å². The molecule has 1 fully saturated rings. The van der Waals surface area contributed by atoms with Crippen molar-refractivity contribution in [3.05, 3.63) is 29.8 Å². The third kappa shape index (κ3) is 5.48. The Morgan fingerprint density at radius 1 is 1.16 bits per heavy atom. The summed E-state index contributed by atoms with van der Waals surface area (Å²) in [7, 11) is 0. The van der Waals surface area contributed by atoms with Gasteiger partial charge in [0, 0.05) is 11.7 Å². The van der Waals surface area contributed by atoms with Crippen LogP contribution in [0.3, 0.4) is 0 Å². The smallest absolute Gasteiger partial charge is 0.338 e. The number of nitrogens with one attached hydrogen (secondary N) is 1. The highest BCUT2D eigenvalue weighted by atomic mass is 16.5. The van der Waals surface area contributed by atoms with Crippen molar-refractivity contribution in [3.8, 4) is 0 Å². The number of nitrogens with two attached hydrogens (primary N) is 1. The molecule has 1 amide bonds. The van der Waals surface area contributed by atoms with Crippen LogP contribution in [0.1, 0.15) is 63.2 Å². The zero-order valence-electron chi connectivity index (χ0n) is 15.5. The van der Waals surface area contributed by atoms with Crippen molar-refractivity contribution in [1.29, 1.82) is 0 Å². The average Bonchev–Trinajstić information content (AvgIpc) is 2.61. The SMILES string of the molecule is CCC(C)(C)C1CCC(NC(=O)COC(=O)c2ccc(N)cc2)CC1. The number of carbonyl (C=O) groups excluding carboxylic acids is 2. The van der Waals surface area contributed by atoms with Crippen molar-refractivity contribution in [2.24, 2.45) is 11.3 Å². The van der Waals surface area contributed by atoms with Crippen LogP contribution in [-0.2, 0) is 9.53 Å². The van der Waals surface area contributed by atoms with Gasteiger partial charge in [-0.25, -0.2) is 4.79 Å². The molecule has 0 unspecified atom stereocenters. The van der Waals surface area contributed by atoms with Gasteiger partial charge in [-0.1, -0.05) is 27.2 Å². The van der Waals surface area contributed by atoms with E-state index in [2.05, 4.69) is 26.1 Å². The molecular weight excluding hydrogens is 316 g/mol. The standard InChI is InChI=1S/C20H30N2O3/c1-4-20(2,3)15-7-11-17(12-8-15)22-18(23)13-25-19(24)14-5-9-16(21)10-6-14/h5-6,9-10,15,17H,4,7-8,11-13,21H2,1-3H3,(H,22,23). The lowest BCUT2D eigenvalue weighted by Crippen LogP contribution is -2.41. The van der Waals surface area contributed by atoms with Crippen LogP contribution in [0, 0.1) is 11.3 Å². The summed E-state index contributed by atoms with van der Waals surface area (Å²) < 4.78 is 5.07. The summed E-state index contributed by atoms with van der Waals surface area (Å²) in [6.45, 7) is 6.65. The average molecular weight is 346 g/mol. The van der Waals surface area contributed by atoms with E-state index in [9.17, 15) is 9.59 Å². The minimum atomic E-state index is -0.511. The van der Waals surface area contributed by atoms with Crippen molar-refractivity contribution in [2.45, 2.75) is 58.9 Å². The Balaban J connectivity index is 1.72. The molecule has 1 saturated carbocycles. The molecule has 0 radical (unpaired) electrons. The van der Waals surface area contributed by atoms with Gasteiger partial charge in [0.1, 0.15) is 0 Å². The number of hydrogen-bond donors (Lipinski definition) is 2. The lowest BCUT2D eigenvalue weighted by molar-refractivity contribution is -0.125. The second-order valence-corrected chi connectivity index (χ2v) is 7.66. The van der Waals surface area contributed by atoms with E-state index in [0.717, 1.165) is 25.7 Å². The second kappa shape index (κ2) is 8.37. The molecule has 5 nitrogen and oxygen atoms in total. The summed E-state index contributed by atoms with van der Waals surface area (Å²) in [6.07, 6.45) is 5.43. The quantitative estimate of drug-likeness (QED) is 0.610. The highest BCUT2D eigenvalue weighted by molar-refractivity contribution is 5.91. The number of nitrogen functional groups attached to an aromatic ring is 1. The second-order valence-electron chi connectivity index (χ2n) is 7.66. The molecule has 25 heavy (non-hydrogen) atoms. The first-order chi connectivity index (χ1) is 11.8. The van der Waals surface area contributed by atoms with Gasteiger partial charge < -0.3 is 15.8 Å². The summed E-state index contributed by atoms with van der Waals surface area (Å²) in [5, 5.41) is 2.99. The predicted octanol–water partition coefficient (Wildman–Crippen LogP) is 3.54. The maximum absolute atomic E-state index is 12.0. The first-order valence-electron chi connectivity index (χ1n) is 9.14. The highest BCUT2D eigenvalue weighted by Gasteiger charge is 2.32. The molecule has 0 aliphatic heterocycles. The van der Waals surface area contributed by atoms with Gasteiger partial charge in [-0.3, -0.25) is 4.79 Å². The zero-order chi connectivity index (χ0) is 18.4. The van der Waals surface area contributed by atoms with Gasteiger partial charge in [0.2, 0.25) is 0 Å². The molecule has 138 valence electrons. The largest absolute Gasteiger partial charge is 0.452 e. The van der Waals surface area contributed by atoms with Crippen LogP contribution in [0.2, 0.25) is 0 Å². The molecule has 1 aliphatic carbocycles. The molecule has 0 spiro atoms. The lowest BCUT2D eigenvalue weighted by atomic mass is 9.69. The monoisotopic (exact) mass is 346 g/mol. The van der Waals surface area contributed by atoms with Crippen LogP contribution in [0.5, 0.6) is 0 Å². The van der Waals surface area contributed by atoms with Crippen LogP contribution in [0.25, 0.3) is 0 Å². The summed E-state index contributed by atoms with van der Waals surface area (Å²) in [4.78, 5) is 23.9. The van der Waals surface area contributed by atoms with E-state index < -0.39 is 5.97 Å². The lowest BCUT2D eigenvalue weighted by Gasteiger charge is -2.39. The Labute approximate surface area is 150 Å². The summed E-state index contributed by atoms with van der Waals surface area (Å²) in [5.41, 5.74) is 6.92. The van der Waals surface area contributed by atoms with Gasteiger partial charge in [-0.15, -0.1) is 0 Å². The summed E-state index contributed by atoms with van der Waals surface area (Å²) in [6, 6.07) is 6.63. The third-order valence-corrected chi connectivity index (χ3v) is 5.59. The van der Waals surface area contributed by atoms with E-state index in [-0.39, 0.29) is 18.6 Å². The molecule has 0 bridgehead atoms. The fraction of sp³-hybridized carbons (Fsp3) is 0.600. The number of amides is 1. The number of carbonyl (C=O) groups is 2. The zero-order valence-corrected chi connectivity index (χ0v) is 15.5. The molecule has 0 heterocycles. The number of anilines is 1. The Morgan fingerprint density at radius 2 is 1.76 bits per heavy atom. The van der Waals surface area contributed by atoms with Crippen LogP contribution < -0.4 is 11.1 Å². The summed E-state index contributed by atoms with van der Waals surface area (Å²) >= 11 is 0. The molecule has 3 N–H and O–H groups in total. The number of esters is 1. The summed E-state index contributed by atoms with van der Waals surface area (Å²) in [5.74, 6) is -0.0282. The van der Waals surface area contributed by atoms with E-state index in [4.69, 9.17) is 10.5 Å². The van der Waals surface area contributed by atoms with Gasteiger partial charge in [0.05, 0.1) is 5.56 Å². The molecular formula is C20H30N2O3. The normalized spacial score (nSPS) is 20.8. The van der Waals surface area contributed by atoms with Crippen LogP contribution in [0.4, 0.5) is 5.69 Å². The molecule has 1 aromatic rings. The Morgan fingerprint density at radius 3 is 2.32 bits per heavy atom. The molecule has 0 aromatic heterocycles. The third-order valence-electron chi connectivity index (χ3n) is 5.59. The van der Waals surface area contributed by atoms with Crippen LogP contribution >= 0.6 is 0 Å². The van der Waals surface area contributed by atoms with Crippen LogP contribution in [0.15, 0.2) is 24.3 Å². The number of benzene rings is 1.